The Labute approximate surface area is 149 Å². The van der Waals surface area contributed by atoms with Crippen LogP contribution in [-0.4, -0.2) is 28.6 Å². The van der Waals surface area contributed by atoms with Crippen molar-refractivity contribution in [2.45, 2.75) is 32.6 Å². The molecule has 1 aromatic heterocycles. The minimum atomic E-state index is -0.395. The number of nitrogens with one attached hydrogen (secondary N) is 2. The van der Waals surface area contributed by atoms with Crippen LogP contribution in [0, 0.1) is 0 Å². The summed E-state index contributed by atoms with van der Waals surface area (Å²) in [5, 5.41) is 14.8. The number of anilines is 1. The molecule has 0 unspecified atom stereocenters. The Kier molecular flexibility index (Phi) is 7.14. The Hall–Kier alpha value is -1.99. The number of hydrogen-bond donors (Lipinski definition) is 2. The number of nitrogens with zero attached hydrogens (tertiary/aromatic N) is 2. The highest BCUT2D eigenvalue weighted by Crippen LogP contribution is 2.17. The summed E-state index contributed by atoms with van der Waals surface area (Å²) in [7, 11) is 0. The average Bonchev–Trinajstić information content (AvgIpc) is 3.00. The Morgan fingerprint density at radius 3 is 2.75 bits per heavy atom. The van der Waals surface area contributed by atoms with Crippen LogP contribution in [0.1, 0.15) is 41.6 Å². The van der Waals surface area contributed by atoms with E-state index in [1.807, 2.05) is 0 Å². The summed E-state index contributed by atoms with van der Waals surface area (Å²) in [6, 6.07) is 6.67. The van der Waals surface area contributed by atoms with Crippen LogP contribution in [0.2, 0.25) is 5.02 Å². The third-order valence-electron chi connectivity index (χ3n) is 3.24. The van der Waals surface area contributed by atoms with Crippen LogP contribution in [0.4, 0.5) is 5.13 Å². The first-order chi connectivity index (χ1) is 11.6. The van der Waals surface area contributed by atoms with E-state index in [9.17, 15) is 9.59 Å². The summed E-state index contributed by atoms with van der Waals surface area (Å²) in [6.45, 7) is 1.98. The second-order valence-electron chi connectivity index (χ2n) is 5.17. The van der Waals surface area contributed by atoms with Crippen molar-refractivity contribution in [1.29, 1.82) is 0 Å². The molecule has 0 fully saturated rings. The molecular weight excluding hydrogens is 348 g/mol. The van der Waals surface area contributed by atoms with E-state index >= 15 is 0 Å². The smallest absolute Gasteiger partial charge is 0.253 e. The molecule has 0 saturated heterocycles. The highest BCUT2D eigenvalue weighted by Gasteiger charge is 2.12. The molecule has 0 aliphatic rings. The molecule has 0 aliphatic carbocycles. The summed E-state index contributed by atoms with van der Waals surface area (Å²) >= 11 is 7.30. The molecule has 2 rings (SSSR count). The molecule has 24 heavy (non-hydrogen) atoms. The van der Waals surface area contributed by atoms with Gasteiger partial charge in [-0.3, -0.25) is 14.9 Å². The number of aromatic nitrogens is 2. The first kappa shape index (κ1) is 18.4. The van der Waals surface area contributed by atoms with Crippen molar-refractivity contribution in [3.8, 4) is 0 Å². The van der Waals surface area contributed by atoms with Crippen LogP contribution in [0.3, 0.4) is 0 Å². The number of amides is 2. The molecule has 0 radical (unpaired) electrons. The van der Waals surface area contributed by atoms with Gasteiger partial charge in [0.25, 0.3) is 5.91 Å². The number of carbonyl (C=O) groups is 2. The van der Waals surface area contributed by atoms with Gasteiger partial charge in [0.2, 0.25) is 11.0 Å². The number of hydrogen-bond acceptors (Lipinski definition) is 5. The second kappa shape index (κ2) is 9.34. The topological polar surface area (TPSA) is 84.0 Å². The SMILES string of the molecule is CCCCCc1nnc(NC(=O)CNC(=O)c2ccccc2Cl)s1. The predicted octanol–water partition coefficient (Wildman–Crippen LogP) is 3.29. The first-order valence-corrected chi connectivity index (χ1v) is 8.94. The van der Waals surface area contributed by atoms with Crippen molar-refractivity contribution in [3.05, 3.63) is 39.9 Å². The highest BCUT2D eigenvalue weighted by atomic mass is 35.5. The van der Waals surface area contributed by atoms with E-state index in [4.69, 9.17) is 11.6 Å². The summed E-state index contributed by atoms with van der Waals surface area (Å²) in [4.78, 5) is 23.9. The number of halogens is 1. The summed E-state index contributed by atoms with van der Waals surface area (Å²) in [5.74, 6) is -0.750. The molecular formula is C16H19ClN4O2S. The van der Waals surface area contributed by atoms with Gasteiger partial charge in [0.1, 0.15) is 5.01 Å². The molecule has 128 valence electrons. The number of carbonyl (C=O) groups excluding carboxylic acids is 2. The minimum absolute atomic E-state index is 0.158. The van der Waals surface area contributed by atoms with Crippen LogP contribution in [0.5, 0.6) is 0 Å². The molecule has 6 nitrogen and oxygen atoms in total. The van der Waals surface area contributed by atoms with Crippen molar-refractivity contribution < 1.29 is 9.59 Å². The molecule has 0 aliphatic heterocycles. The lowest BCUT2D eigenvalue weighted by atomic mass is 10.2. The van der Waals surface area contributed by atoms with E-state index < -0.39 is 5.91 Å². The van der Waals surface area contributed by atoms with Gasteiger partial charge in [0.05, 0.1) is 17.1 Å². The van der Waals surface area contributed by atoms with Gasteiger partial charge in [-0.05, 0) is 18.6 Å². The summed E-state index contributed by atoms with van der Waals surface area (Å²) < 4.78 is 0. The number of rotatable bonds is 8. The van der Waals surface area contributed by atoms with Crippen LogP contribution in [-0.2, 0) is 11.2 Å². The van der Waals surface area contributed by atoms with Gasteiger partial charge >= 0.3 is 0 Å². The monoisotopic (exact) mass is 366 g/mol. The zero-order valence-electron chi connectivity index (χ0n) is 13.3. The largest absolute Gasteiger partial charge is 0.343 e. The van der Waals surface area contributed by atoms with Gasteiger partial charge in [-0.2, -0.15) is 0 Å². The van der Waals surface area contributed by atoms with Crippen molar-refractivity contribution in [3.63, 3.8) is 0 Å². The average molecular weight is 367 g/mol. The maximum atomic E-state index is 12.0. The minimum Gasteiger partial charge on any atom is -0.343 e. The maximum absolute atomic E-state index is 12.0. The summed E-state index contributed by atoms with van der Waals surface area (Å²) in [6.07, 6.45) is 4.22. The zero-order chi connectivity index (χ0) is 17.4. The number of benzene rings is 1. The van der Waals surface area contributed by atoms with Crippen molar-refractivity contribution in [1.82, 2.24) is 15.5 Å². The fourth-order valence-corrected chi connectivity index (χ4v) is 3.02. The van der Waals surface area contributed by atoms with E-state index in [0.717, 1.165) is 30.7 Å². The fourth-order valence-electron chi connectivity index (χ4n) is 2.00. The quantitative estimate of drug-likeness (QED) is 0.702. The third-order valence-corrected chi connectivity index (χ3v) is 4.46. The lowest BCUT2D eigenvalue weighted by Gasteiger charge is -2.06. The van der Waals surface area contributed by atoms with Gasteiger partial charge in [-0.1, -0.05) is 54.8 Å². The number of unbranched alkanes of at least 4 members (excludes halogenated alkanes) is 2. The lowest BCUT2D eigenvalue weighted by Crippen LogP contribution is -2.32. The molecule has 8 heteroatoms. The molecule has 2 aromatic rings. The highest BCUT2D eigenvalue weighted by molar-refractivity contribution is 7.15. The van der Waals surface area contributed by atoms with Crippen LogP contribution in [0.25, 0.3) is 0 Å². The van der Waals surface area contributed by atoms with E-state index in [-0.39, 0.29) is 12.5 Å². The molecule has 0 saturated carbocycles. The van der Waals surface area contributed by atoms with E-state index in [2.05, 4.69) is 27.8 Å². The van der Waals surface area contributed by atoms with Crippen molar-refractivity contribution in [2.24, 2.45) is 0 Å². The molecule has 0 bridgehead atoms. The van der Waals surface area contributed by atoms with E-state index in [1.54, 1.807) is 24.3 Å². The Balaban J connectivity index is 1.79. The molecule has 0 spiro atoms. The summed E-state index contributed by atoms with van der Waals surface area (Å²) in [5.41, 5.74) is 0.334. The molecule has 0 atom stereocenters. The lowest BCUT2D eigenvalue weighted by molar-refractivity contribution is -0.115. The normalized spacial score (nSPS) is 10.4. The predicted molar refractivity (Wildman–Crippen MR) is 95.6 cm³/mol. The first-order valence-electron chi connectivity index (χ1n) is 7.75. The maximum Gasteiger partial charge on any atom is 0.253 e. The fraction of sp³-hybridized carbons (Fsp3) is 0.375. The number of aryl methyl sites for hydroxylation is 1. The van der Waals surface area contributed by atoms with Gasteiger partial charge in [0.15, 0.2) is 0 Å². The standard InChI is InChI=1S/C16H19ClN4O2S/c1-2-3-4-9-14-20-21-16(24-14)19-13(22)10-18-15(23)11-7-5-6-8-12(11)17/h5-8H,2-4,9-10H2,1H3,(H,18,23)(H,19,21,22). The van der Waals surface area contributed by atoms with Gasteiger partial charge in [0, 0.05) is 6.42 Å². The van der Waals surface area contributed by atoms with Crippen molar-refractivity contribution >= 4 is 39.9 Å². The van der Waals surface area contributed by atoms with Gasteiger partial charge in [-0.15, -0.1) is 10.2 Å². The van der Waals surface area contributed by atoms with Gasteiger partial charge < -0.3 is 5.32 Å². The van der Waals surface area contributed by atoms with Crippen molar-refractivity contribution in [2.75, 3.05) is 11.9 Å². The zero-order valence-corrected chi connectivity index (χ0v) is 14.9. The molecule has 1 aromatic carbocycles. The second-order valence-corrected chi connectivity index (χ2v) is 6.64. The Morgan fingerprint density at radius 1 is 1.21 bits per heavy atom. The van der Waals surface area contributed by atoms with Crippen LogP contribution in [0.15, 0.2) is 24.3 Å². The Morgan fingerprint density at radius 2 is 2.00 bits per heavy atom. The van der Waals surface area contributed by atoms with Crippen LogP contribution >= 0.6 is 22.9 Å². The Bertz CT molecular complexity index is 705. The molecule has 1 heterocycles. The van der Waals surface area contributed by atoms with E-state index in [0.29, 0.717) is 15.7 Å². The van der Waals surface area contributed by atoms with Gasteiger partial charge in [-0.25, -0.2) is 0 Å². The molecule has 2 N–H and O–H groups in total. The van der Waals surface area contributed by atoms with Crippen LogP contribution < -0.4 is 10.6 Å². The molecule has 2 amide bonds. The third kappa shape index (κ3) is 5.58. The van der Waals surface area contributed by atoms with E-state index in [1.165, 1.54) is 11.3 Å².